The summed E-state index contributed by atoms with van der Waals surface area (Å²) >= 11 is 0. The van der Waals surface area contributed by atoms with Crippen LogP contribution in [0.15, 0.2) is 18.2 Å². The number of phenolic OH excluding ortho intramolecular Hbond substituents is 1. The van der Waals surface area contributed by atoms with E-state index < -0.39 is 0 Å². The molecule has 0 saturated heterocycles. The maximum atomic E-state index is 10.4. The van der Waals surface area contributed by atoms with Gasteiger partial charge >= 0.3 is 0 Å². The van der Waals surface area contributed by atoms with Crippen LogP contribution in [0.4, 0.5) is 0 Å². The Hall–Kier alpha value is -0.980. The highest BCUT2D eigenvalue weighted by molar-refractivity contribution is 5.39. The Labute approximate surface area is 170 Å². The molecule has 1 rings (SSSR count). The molecule has 2 atom stereocenters. The molecule has 1 N–H and O–H groups in total. The fraction of sp³-hybridized carbons (Fsp3) is 0.769. The normalized spacial score (nSPS) is 13.6. The molecule has 0 bridgehead atoms. The molecule has 0 radical (unpaired) electrons. The number of benzene rings is 1. The van der Waals surface area contributed by atoms with Gasteiger partial charge in [-0.2, -0.15) is 0 Å². The molecule has 0 saturated carbocycles. The van der Waals surface area contributed by atoms with Crippen molar-refractivity contribution in [1.82, 2.24) is 0 Å². The van der Waals surface area contributed by atoms with Gasteiger partial charge in [0.15, 0.2) is 0 Å². The number of aromatic hydroxyl groups is 1. The predicted molar refractivity (Wildman–Crippen MR) is 121 cm³/mol. The second-order valence-electron chi connectivity index (χ2n) is 8.73. The molecular formula is C26H46O. The van der Waals surface area contributed by atoms with Gasteiger partial charge in [-0.3, -0.25) is 0 Å². The molecule has 156 valence electrons. The summed E-state index contributed by atoms with van der Waals surface area (Å²) in [6, 6.07) is 6.36. The highest BCUT2D eigenvalue weighted by Crippen LogP contribution is 2.33. The first kappa shape index (κ1) is 24.1. The van der Waals surface area contributed by atoms with Crippen LogP contribution in [0.25, 0.3) is 0 Å². The number of phenols is 1. The lowest BCUT2D eigenvalue weighted by atomic mass is 9.88. The Morgan fingerprint density at radius 3 is 1.70 bits per heavy atom. The van der Waals surface area contributed by atoms with E-state index in [9.17, 15) is 5.11 Å². The lowest BCUT2D eigenvalue weighted by Crippen LogP contribution is -1.99. The molecule has 0 aromatic heterocycles. The van der Waals surface area contributed by atoms with Crippen LogP contribution in [-0.2, 0) is 0 Å². The van der Waals surface area contributed by atoms with Gasteiger partial charge in [-0.1, -0.05) is 117 Å². The van der Waals surface area contributed by atoms with Gasteiger partial charge in [0.2, 0.25) is 0 Å². The quantitative estimate of drug-likeness (QED) is 0.286. The van der Waals surface area contributed by atoms with Crippen LogP contribution >= 0.6 is 0 Å². The summed E-state index contributed by atoms with van der Waals surface area (Å²) < 4.78 is 0. The molecule has 0 spiro atoms. The summed E-state index contributed by atoms with van der Waals surface area (Å²) in [7, 11) is 0. The van der Waals surface area contributed by atoms with Crippen molar-refractivity contribution in [2.45, 2.75) is 129 Å². The van der Waals surface area contributed by atoms with Crippen molar-refractivity contribution in [3.8, 4) is 5.75 Å². The van der Waals surface area contributed by atoms with Crippen LogP contribution in [0.2, 0.25) is 0 Å². The lowest BCUT2D eigenvalue weighted by Gasteiger charge is -2.18. The lowest BCUT2D eigenvalue weighted by molar-refractivity contribution is 0.456. The predicted octanol–water partition coefficient (Wildman–Crippen LogP) is 9.10. The van der Waals surface area contributed by atoms with Crippen molar-refractivity contribution < 1.29 is 5.11 Å². The number of hydrogen-bond donors (Lipinski definition) is 1. The number of rotatable bonds is 16. The average Bonchev–Trinajstić information content (AvgIpc) is 2.67. The van der Waals surface area contributed by atoms with Gasteiger partial charge in [-0.25, -0.2) is 0 Å². The third-order valence-corrected chi connectivity index (χ3v) is 6.13. The van der Waals surface area contributed by atoms with Gasteiger partial charge in [-0.05, 0) is 41.9 Å². The van der Waals surface area contributed by atoms with Crippen LogP contribution < -0.4 is 0 Å². The molecule has 27 heavy (non-hydrogen) atoms. The second-order valence-corrected chi connectivity index (χ2v) is 8.73. The molecule has 1 nitrogen and oxygen atoms in total. The first-order valence-electron chi connectivity index (χ1n) is 11.9. The summed E-state index contributed by atoms with van der Waals surface area (Å²) in [5, 5.41) is 10.4. The van der Waals surface area contributed by atoms with Crippen molar-refractivity contribution in [2.24, 2.45) is 0 Å². The highest BCUT2D eigenvalue weighted by Gasteiger charge is 2.14. The summed E-state index contributed by atoms with van der Waals surface area (Å²) in [5.41, 5.74) is 2.57. The standard InChI is InChI=1S/C26H46O/c1-5-7-9-11-13-15-17-22(3)24-19-20-26(27)25(21-24)23(4)18-16-14-12-10-8-6-2/h19-23,27H,5-18H2,1-4H3. The zero-order valence-electron chi connectivity index (χ0n) is 18.7. The van der Waals surface area contributed by atoms with E-state index in [0.717, 1.165) is 5.56 Å². The van der Waals surface area contributed by atoms with Crippen LogP contribution in [0, 0.1) is 0 Å². The summed E-state index contributed by atoms with van der Waals surface area (Å²) in [6.07, 6.45) is 18.7. The Morgan fingerprint density at radius 1 is 0.667 bits per heavy atom. The molecule has 0 aliphatic carbocycles. The monoisotopic (exact) mass is 374 g/mol. The van der Waals surface area contributed by atoms with E-state index in [1.807, 2.05) is 6.07 Å². The van der Waals surface area contributed by atoms with E-state index in [1.165, 1.54) is 95.5 Å². The van der Waals surface area contributed by atoms with E-state index >= 15 is 0 Å². The van der Waals surface area contributed by atoms with Gasteiger partial charge in [0.05, 0.1) is 0 Å². The van der Waals surface area contributed by atoms with E-state index in [1.54, 1.807) is 0 Å². The molecule has 0 amide bonds. The highest BCUT2D eigenvalue weighted by atomic mass is 16.3. The molecule has 0 aliphatic rings. The van der Waals surface area contributed by atoms with Crippen LogP contribution in [0.1, 0.15) is 141 Å². The van der Waals surface area contributed by atoms with Crippen LogP contribution in [-0.4, -0.2) is 5.11 Å². The molecule has 1 heteroatoms. The fourth-order valence-corrected chi connectivity index (χ4v) is 4.06. The molecular weight excluding hydrogens is 328 g/mol. The van der Waals surface area contributed by atoms with Gasteiger partial charge in [0.25, 0.3) is 0 Å². The third-order valence-electron chi connectivity index (χ3n) is 6.13. The maximum absolute atomic E-state index is 10.4. The molecule has 0 aliphatic heterocycles. The first-order valence-corrected chi connectivity index (χ1v) is 11.9. The fourth-order valence-electron chi connectivity index (χ4n) is 4.06. The van der Waals surface area contributed by atoms with E-state index in [0.29, 0.717) is 17.6 Å². The first-order chi connectivity index (χ1) is 13.1. The van der Waals surface area contributed by atoms with Crippen molar-refractivity contribution in [3.63, 3.8) is 0 Å². The number of hydrogen-bond acceptors (Lipinski definition) is 1. The van der Waals surface area contributed by atoms with Crippen molar-refractivity contribution in [2.75, 3.05) is 0 Å². The smallest absolute Gasteiger partial charge is 0.119 e. The third kappa shape index (κ3) is 10.2. The van der Waals surface area contributed by atoms with Gasteiger partial charge in [0, 0.05) is 0 Å². The zero-order chi connectivity index (χ0) is 19.9. The summed E-state index contributed by atoms with van der Waals surface area (Å²) in [4.78, 5) is 0. The van der Waals surface area contributed by atoms with Gasteiger partial charge in [-0.15, -0.1) is 0 Å². The summed E-state index contributed by atoms with van der Waals surface area (Å²) in [5.74, 6) is 1.54. The molecule has 0 heterocycles. The Kier molecular flexibility index (Phi) is 13.4. The SMILES string of the molecule is CCCCCCCCC(C)c1ccc(O)c(C(C)CCCCCCCC)c1. The van der Waals surface area contributed by atoms with Crippen molar-refractivity contribution in [1.29, 1.82) is 0 Å². The van der Waals surface area contributed by atoms with E-state index in [2.05, 4.69) is 39.8 Å². The topological polar surface area (TPSA) is 20.2 Å². The van der Waals surface area contributed by atoms with Gasteiger partial charge in [0.1, 0.15) is 5.75 Å². The Morgan fingerprint density at radius 2 is 1.15 bits per heavy atom. The minimum atomic E-state index is 0.456. The molecule has 1 aromatic carbocycles. The van der Waals surface area contributed by atoms with E-state index in [-0.39, 0.29) is 0 Å². The second kappa shape index (κ2) is 15.0. The largest absolute Gasteiger partial charge is 0.508 e. The zero-order valence-corrected chi connectivity index (χ0v) is 18.7. The minimum absolute atomic E-state index is 0.456. The van der Waals surface area contributed by atoms with E-state index in [4.69, 9.17) is 0 Å². The minimum Gasteiger partial charge on any atom is -0.508 e. The Bertz CT molecular complexity index is 479. The average molecular weight is 375 g/mol. The maximum Gasteiger partial charge on any atom is 0.119 e. The number of unbranched alkanes of at least 4 members (excludes halogenated alkanes) is 10. The molecule has 2 unspecified atom stereocenters. The van der Waals surface area contributed by atoms with Crippen molar-refractivity contribution >= 4 is 0 Å². The molecule has 0 fully saturated rings. The summed E-state index contributed by atoms with van der Waals surface area (Å²) in [6.45, 7) is 9.17. The Balaban J connectivity index is 2.42. The van der Waals surface area contributed by atoms with Crippen molar-refractivity contribution in [3.05, 3.63) is 29.3 Å². The van der Waals surface area contributed by atoms with Gasteiger partial charge < -0.3 is 5.11 Å². The molecule has 1 aromatic rings. The van der Waals surface area contributed by atoms with Crippen LogP contribution in [0.5, 0.6) is 5.75 Å². The van der Waals surface area contributed by atoms with Crippen LogP contribution in [0.3, 0.4) is 0 Å².